The largest absolute Gasteiger partial charge is 0.361 e. The zero-order chi connectivity index (χ0) is 19.2. The van der Waals surface area contributed by atoms with E-state index in [0.29, 0.717) is 6.54 Å². The van der Waals surface area contributed by atoms with E-state index in [1.54, 1.807) is 11.3 Å². The summed E-state index contributed by atoms with van der Waals surface area (Å²) in [6.07, 6.45) is 3.05. The van der Waals surface area contributed by atoms with Gasteiger partial charge in [0.2, 0.25) is 0 Å². The third-order valence-corrected chi connectivity index (χ3v) is 5.42. The Labute approximate surface area is 164 Å². The van der Waals surface area contributed by atoms with Crippen molar-refractivity contribution in [2.75, 3.05) is 32.1 Å². The molecule has 3 aromatic rings. The number of guanidine groups is 1. The van der Waals surface area contributed by atoms with Gasteiger partial charge in [-0.3, -0.25) is 0 Å². The number of nitrogens with zero attached hydrogens (tertiary/aromatic N) is 3. The molecule has 3 rings (SSSR count). The molecule has 2 aromatic heterocycles. The average Bonchev–Trinajstić information content (AvgIpc) is 3.28. The Morgan fingerprint density at radius 1 is 1.30 bits per heavy atom. The van der Waals surface area contributed by atoms with Crippen molar-refractivity contribution in [3.8, 4) is 0 Å². The van der Waals surface area contributed by atoms with Crippen molar-refractivity contribution < 1.29 is 0 Å². The maximum absolute atomic E-state index is 4.66. The molecular weight excluding hydrogens is 356 g/mol. The van der Waals surface area contributed by atoms with Crippen molar-refractivity contribution in [2.24, 2.45) is 4.99 Å². The van der Waals surface area contributed by atoms with Gasteiger partial charge >= 0.3 is 0 Å². The molecular formula is C20H28N6S. The Hall–Kier alpha value is -2.54. The number of rotatable bonds is 7. The average molecular weight is 385 g/mol. The second-order valence-electron chi connectivity index (χ2n) is 6.70. The van der Waals surface area contributed by atoms with Crippen molar-refractivity contribution in [1.29, 1.82) is 0 Å². The van der Waals surface area contributed by atoms with Crippen molar-refractivity contribution >= 4 is 33.3 Å². The van der Waals surface area contributed by atoms with E-state index in [4.69, 9.17) is 0 Å². The van der Waals surface area contributed by atoms with Crippen molar-refractivity contribution in [2.45, 2.75) is 26.8 Å². The topological polar surface area (TPSA) is 68.3 Å². The van der Waals surface area contributed by atoms with E-state index in [-0.39, 0.29) is 0 Å². The summed E-state index contributed by atoms with van der Waals surface area (Å²) in [7, 11) is 4.01. The summed E-state index contributed by atoms with van der Waals surface area (Å²) < 4.78 is 0. The summed E-state index contributed by atoms with van der Waals surface area (Å²) in [6.45, 7) is 6.44. The predicted molar refractivity (Wildman–Crippen MR) is 116 cm³/mol. The highest BCUT2D eigenvalue weighted by atomic mass is 32.1. The number of nitrogens with one attached hydrogen (secondary N) is 3. The van der Waals surface area contributed by atoms with Crippen LogP contribution in [-0.2, 0) is 13.0 Å². The minimum Gasteiger partial charge on any atom is -0.361 e. The van der Waals surface area contributed by atoms with Crippen molar-refractivity contribution in [3.63, 3.8) is 0 Å². The van der Waals surface area contributed by atoms with Crippen molar-refractivity contribution in [3.05, 3.63) is 46.6 Å². The molecule has 0 spiro atoms. The SMILES string of the molecule is CCNC(=NCc1csc(N(C)C)n1)NCCc1c[nH]c2c(C)cccc12. The number of aromatic amines is 1. The van der Waals surface area contributed by atoms with Gasteiger partial charge in [0.15, 0.2) is 11.1 Å². The molecule has 0 atom stereocenters. The minimum absolute atomic E-state index is 0.575. The number of hydrogen-bond donors (Lipinski definition) is 3. The molecule has 0 aliphatic rings. The molecule has 0 bridgehead atoms. The van der Waals surface area contributed by atoms with Crippen LogP contribution in [0.25, 0.3) is 10.9 Å². The third kappa shape index (κ3) is 4.80. The van der Waals surface area contributed by atoms with Crippen LogP contribution in [0.5, 0.6) is 0 Å². The number of H-pyrrole nitrogens is 1. The Morgan fingerprint density at radius 3 is 2.89 bits per heavy atom. The van der Waals surface area contributed by atoms with Crippen LogP contribution in [0, 0.1) is 6.92 Å². The van der Waals surface area contributed by atoms with Crippen LogP contribution in [0.3, 0.4) is 0 Å². The molecule has 0 saturated carbocycles. The molecule has 2 heterocycles. The molecule has 7 heteroatoms. The zero-order valence-corrected chi connectivity index (χ0v) is 17.3. The van der Waals surface area contributed by atoms with E-state index in [1.807, 2.05) is 19.0 Å². The molecule has 0 fully saturated rings. The number of anilines is 1. The van der Waals surface area contributed by atoms with Gasteiger partial charge in [-0.2, -0.15) is 0 Å². The van der Waals surface area contributed by atoms with Crippen molar-refractivity contribution in [1.82, 2.24) is 20.6 Å². The van der Waals surface area contributed by atoms with E-state index in [9.17, 15) is 0 Å². The summed E-state index contributed by atoms with van der Waals surface area (Å²) >= 11 is 1.64. The van der Waals surface area contributed by atoms with Gasteiger partial charge in [0.25, 0.3) is 0 Å². The summed E-state index contributed by atoms with van der Waals surface area (Å²) in [6, 6.07) is 6.43. The van der Waals surface area contributed by atoms with Crippen LogP contribution < -0.4 is 15.5 Å². The lowest BCUT2D eigenvalue weighted by molar-refractivity contribution is 0.799. The van der Waals surface area contributed by atoms with Crippen LogP contribution in [0.2, 0.25) is 0 Å². The molecule has 0 radical (unpaired) electrons. The maximum atomic E-state index is 4.66. The highest BCUT2D eigenvalue weighted by Gasteiger charge is 2.06. The van der Waals surface area contributed by atoms with Gasteiger partial charge in [0.05, 0.1) is 12.2 Å². The van der Waals surface area contributed by atoms with Crippen LogP contribution in [0.1, 0.15) is 23.7 Å². The predicted octanol–water partition coefficient (Wildman–Crippen LogP) is 3.30. The molecule has 0 amide bonds. The fourth-order valence-electron chi connectivity index (χ4n) is 2.96. The number of hydrogen-bond acceptors (Lipinski definition) is 4. The molecule has 3 N–H and O–H groups in total. The van der Waals surface area contributed by atoms with Crippen LogP contribution in [0.15, 0.2) is 34.8 Å². The molecule has 27 heavy (non-hydrogen) atoms. The lowest BCUT2D eigenvalue weighted by atomic mass is 10.1. The van der Waals surface area contributed by atoms with Gasteiger partial charge in [-0.25, -0.2) is 9.98 Å². The quantitative estimate of drug-likeness (QED) is 0.432. The fraction of sp³-hybridized carbons (Fsp3) is 0.400. The van der Waals surface area contributed by atoms with E-state index in [2.05, 4.69) is 69.2 Å². The summed E-state index contributed by atoms with van der Waals surface area (Å²) in [5.74, 6) is 0.827. The monoisotopic (exact) mass is 384 g/mol. The van der Waals surface area contributed by atoms with Gasteiger partial charge in [0.1, 0.15) is 0 Å². The number of para-hydroxylation sites is 1. The maximum Gasteiger partial charge on any atom is 0.191 e. The number of aryl methyl sites for hydroxylation is 1. The Bertz CT molecular complexity index is 908. The van der Waals surface area contributed by atoms with Crippen LogP contribution in [-0.4, -0.2) is 43.1 Å². The Kier molecular flexibility index (Phi) is 6.34. The van der Waals surface area contributed by atoms with E-state index >= 15 is 0 Å². The first-order valence-corrected chi connectivity index (χ1v) is 10.2. The molecule has 1 aromatic carbocycles. The highest BCUT2D eigenvalue weighted by Crippen LogP contribution is 2.21. The molecule has 144 valence electrons. The fourth-order valence-corrected chi connectivity index (χ4v) is 3.71. The Balaban J connectivity index is 1.59. The summed E-state index contributed by atoms with van der Waals surface area (Å²) in [4.78, 5) is 14.7. The van der Waals surface area contributed by atoms with E-state index < -0.39 is 0 Å². The standard InChI is InChI=1S/C20H28N6S/c1-5-21-19(24-12-16-13-27-20(25-16)26(3)4)22-10-9-15-11-23-18-14(2)7-6-8-17(15)18/h6-8,11,13,23H,5,9-10,12H2,1-4H3,(H2,21,22,24). The second-order valence-corrected chi connectivity index (χ2v) is 7.54. The first-order chi connectivity index (χ1) is 13.1. The first kappa shape index (κ1) is 19.2. The van der Waals surface area contributed by atoms with Crippen LogP contribution >= 0.6 is 11.3 Å². The highest BCUT2D eigenvalue weighted by molar-refractivity contribution is 7.13. The number of fused-ring (bicyclic) bond motifs is 1. The molecule has 0 unspecified atom stereocenters. The zero-order valence-electron chi connectivity index (χ0n) is 16.5. The third-order valence-electron chi connectivity index (χ3n) is 4.36. The van der Waals surface area contributed by atoms with Gasteiger partial charge in [-0.15, -0.1) is 11.3 Å². The van der Waals surface area contributed by atoms with E-state index in [0.717, 1.165) is 36.3 Å². The summed E-state index contributed by atoms with van der Waals surface area (Å²) in [5, 5.41) is 11.1. The molecule has 0 aliphatic carbocycles. The lowest BCUT2D eigenvalue weighted by Crippen LogP contribution is -2.38. The molecule has 6 nitrogen and oxygen atoms in total. The lowest BCUT2D eigenvalue weighted by Gasteiger charge is -2.11. The van der Waals surface area contributed by atoms with Crippen LogP contribution in [0.4, 0.5) is 5.13 Å². The normalized spacial score (nSPS) is 11.8. The number of thiazole rings is 1. The van der Waals surface area contributed by atoms with Gasteiger partial charge in [-0.05, 0) is 31.4 Å². The van der Waals surface area contributed by atoms with Gasteiger partial charge in [-0.1, -0.05) is 18.2 Å². The Morgan fingerprint density at radius 2 is 2.15 bits per heavy atom. The number of aromatic nitrogens is 2. The molecule has 0 aliphatic heterocycles. The smallest absolute Gasteiger partial charge is 0.191 e. The van der Waals surface area contributed by atoms with Gasteiger partial charge < -0.3 is 20.5 Å². The second kappa shape index (κ2) is 8.90. The van der Waals surface area contributed by atoms with Gasteiger partial charge in [0, 0.05) is 49.7 Å². The minimum atomic E-state index is 0.575. The van der Waals surface area contributed by atoms with E-state index in [1.165, 1.54) is 22.0 Å². The number of benzene rings is 1. The first-order valence-electron chi connectivity index (χ1n) is 9.28. The summed E-state index contributed by atoms with van der Waals surface area (Å²) in [5.41, 5.74) is 4.83. The molecule has 0 saturated heterocycles. The number of aliphatic imine (C=N–C) groups is 1.